The van der Waals surface area contributed by atoms with Gasteiger partial charge in [0, 0.05) is 11.7 Å². The molecule has 1 amide bonds. The lowest BCUT2D eigenvalue weighted by molar-refractivity contribution is -0.117. The number of anilines is 1. The molecule has 22 heavy (non-hydrogen) atoms. The number of nitrogens with one attached hydrogen (secondary N) is 2. The molecular weight excluding hydrogens is 272 g/mol. The SMILES string of the molecule is Cc1cccc(C)c1NC(=O)[C@@H](C)N[C@H](C)c1ccccc1. The van der Waals surface area contributed by atoms with E-state index >= 15 is 0 Å². The fraction of sp³-hybridized carbons (Fsp3) is 0.316. The lowest BCUT2D eigenvalue weighted by Gasteiger charge is -2.21. The number of aryl methyl sites for hydroxylation is 2. The molecule has 2 rings (SSSR count). The molecule has 3 nitrogen and oxygen atoms in total. The van der Waals surface area contributed by atoms with Gasteiger partial charge >= 0.3 is 0 Å². The maximum atomic E-state index is 12.4. The summed E-state index contributed by atoms with van der Waals surface area (Å²) in [5, 5.41) is 6.38. The lowest BCUT2D eigenvalue weighted by Crippen LogP contribution is -2.39. The number of para-hydroxylation sites is 1. The summed E-state index contributed by atoms with van der Waals surface area (Å²) in [6.45, 7) is 7.97. The molecule has 0 unspecified atom stereocenters. The van der Waals surface area contributed by atoms with Crippen molar-refractivity contribution in [1.82, 2.24) is 5.32 Å². The van der Waals surface area contributed by atoms with Gasteiger partial charge in [-0.25, -0.2) is 0 Å². The largest absolute Gasteiger partial charge is 0.324 e. The molecule has 3 heteroatoms. The van der Waals surface area contributed by atoms with Crippen molar-refractivity contribution in [3.63, 3.8) is 0 Å². The fourth-order valence-corrected chi connectivity index (χ4v) is 2.53. The summed E-state index contributed by atoms with van der Waals surface area (Å²) in [6, 6.07) is 16.0. The third-order valence-electron chi connectivity index (χ3n) is 3.92. The van der Waals surface area contributed by atoms with Gasteiger partial charge in [0.2, 0.25) is 5.91 Å². The Morgan fingerprint density at radius 2 is 1.50 bits per heavy atom. The Labute approximate surface area is 132 Å². The van der Waals surface area contributed by atoms with Crippen LogP contribution < -0.4 is 10.6 Å². The minimum absolute atomic E-state index is 0.0137. The van der Waals surface area contributed by atoms with E-state index in [2.05, 4.69) is 29.7 Å². The standard InChI is InChI=1S/C19H24N2O/c1-13-9-8-10-14(2)18(13)21-19(22)16(4)20-15(3)17-11-6-5-7-12-17/h5-12,15-16,20H,1-4H3,(H,21,22)/t15-,16-/m1/s1. The van der Waals surface area contributed by atoms with E-state index in [1.54, 1.807) is 0 Å². The van der Waals surface area contributed by atoms with Crippen LogP contribution in [0.15, 0.2) is 48.5 Å². The second-order valence-corrected chi connectivity index (χ2v) is 5.78. The van der Waals surface area contributed by atoms with Crippen molar-refractivity contribution < 1.29 is 4.79 Å². The van der Waals surface area contributed by atoms with E-state index in [9.17, 15) is 4.79 Å². The number of hydrogen-bond donors (Lipinski definition) is 2. The Hall–Kier alpha value is -2.13. The third kappa shape index (κ3) is 3.95. The molecule has 116 valence electrons. The van der Waals surface area contributed by atoms with Gasteiger partial charge in [0.25, 0.3) is 0 Å². The number of carbonyl (C=O) groups is 1. The van der Waals surface area contributed by atoms with Gasteiger partial charge in [-0.15, -0.1) is 0 Å². The summed E-state index contributed by atoms with van der Waals surface area (Å²) in [4.78, 5) is 12.4. The van der Waals surface area contributed by atoms with Crippen LogP contribution in [0.25, 0.3) is 0 Å². The molecule has 0 aliphatic heterocycles. The molecule has 0 saturated carbocycles. The molecule has 0 bridgehead atoms. The van der Waals surface area contributed by atoms with Gasteiger partial charge in [-0.3, -0.25) is 10.1 Å². The monoisotopic (exact) mass is 296 g/mol. The van der Waals surface area contributed by atoms with Crippen molar-refractivity contribution in [1.29, 1.82) is 0 Å². The van der Waals surface area contributed by atoms with Gasteiger partial charge in [-0.05, 0) is 44.4 Å². The van der Waals surface area contributed by atoms with Gasteiger partial charge in [0.05, 0.1) is 6.04 Å². The highest BCUT2D eigenvalue weighted by molar-refractivity contribution is 5.95. The molecule has 2 N–H and O–H groups in total. The van der Waals surface area contributed by atoms with Crippen LogP contribution in [0.5, 0.6) is 0 Å². The molecule has 0 aliphatic carbocycles. The van der Waals surface area contributed by atoms with E-state index < -0.39 is 0 Å². The topological polar surface area (TPSA) is 41.1 Å². The highest BCUT2D eigenvalue weighted by Gasteiger charge is 2.17. The zero-order valence-corrected chi connectivity index (χ0v) is 13.7. The Morgan fingerprint density at radius 3 is 2.09 bits per heavy atom. The molecule has 0 aliphatic rings. The van der Waals surface area contributed by atoms with Crippen molar-refractivity contribution in [2.75, 3.05) is 5.32 Å². The molecule has 0 heterocycles. The van der Waals surface area contributed by atoms with Crippen LogP contribution >= 0.6 is 0 Å². The molecular formula is C19H24N2O. The summed E-state index contributed by atoms with van der Waals surface area (Å²) in [7, 11) is 0. The number of benzene rings is 2. The first-order valence-corrected chi connectivity index (χ1v) is 7.67. The molecule has 2 atom stereocenters. The van der Waals surface area contributed by atoms with Gasteiger partial charge in [0.15, 0.2) is 0 Å². The summed E-state index contributed by atoms with van der Waals surface area (Å²) < 4.78 is 0. The van der Waals surface area contributed by atoms with Crippen molar-refractivity contribution in [3.05, 3.63) is 65.2 Å². The molecule has 0 radical (unpaired) electrons. The predicted molar refractivity (Wildman–Crippen MR) is 92.0 cm³/mol. The number of hydrogen-bond acceptors (Lipinski definition) is 2. The van der Waals surface area contributed by atoms with Crippen LogP contribution in [0.1, 0.15) is 36.6 Å². The maximum absolute atomic E-state index is 12.4. The van der Waals surface area contributed by atoms with E-state index in [-0.39, 0.29) is 18.0 Å². The second-order valence-electron chi connectivity index (χ2n) is 5.78. The van der Waals surface area contributed by atoms with Crippen molar-refractivity contribution in [2.24, 2.45) is 0 Å². The third-order valence-corrected chi connectivity index (χ3v) is 3.92. The Morgan fingerprint density at radius 1 is 0.909 bits per heavy atom. The quantitative estimate of drug-likeness (QED) is 0.876. The minimum Gasteiger partial charge on any atom is -0.324 e. The molecule has 2 aromatic rings. The van der Waals surface area contributed by atoms with Crippen LogP contribution in [-0.2, 0) is 4.79 Å². The van der Waals surface area contributed by atoms with Crippen LogP contribution in [0.4, 0.5) is 5.69 Å². The van der Waals surface area contributed by atoms with E-state index in [0.717, 1.165) is 16.8 Å². The Balaban J connectivity index is 2.01. The minimum atomic E-state index is -0.269. The molecule has 2 aromatic carbocycles. The first kappa shape index (κ1) is 16.2. The summed E-state index contributed by atoms with van der Waals surface area (Å²) in [6.07, 6.45) is 0. The normalized spacial score (nSPS) is 13.5. The number of amides is 1. The molecule has 0 aromatic heterocycles. The van der Waals surface area contributed by atoms with Crippen molar-refractivity contribution in [3.8, 4) is 0 Å². The molecule has 0 saturated heterocycles. The van der Waals surface area contributed by atoms with E-state index in [0.29, 0.717) is 0 Å². The Bertz CT molecular complexity index is 617. The number of carbonyl (C=O) groups excluding carboxylic acids is 1. The van der Waals surface area contributed by atoms with Gasteiger partial charge < -0.3 is 5.32 Å². The smallest absolute Gasteiger partial charge is 0.241 e. The lowest BCUT2D eigenvalue weighted by atomic mass is 10.1. The number of rotatable bonds is 5. The molecule has 0 spiro atoms. The summed E-state index contributed by atoms with van der Waals surface area (Å²) in [5.41, 5.74) is 4.25. The second kappa shape index (κ2) is 7.23. The van der Waals surface area contributed by atoms with Gasteiger partial charge in [-0.2, -0.15) is 0 Å². The summed E-state index contributed by atoms with van der Waals surface area (Å²) in [5.74, 6) is -0.0137. The van der Waals surface area contributed by atoms with Crippen LogP contribution in [-0.4, -0.2) is 11.9 Å². The van der Waals surface area contributed by atoms with E-state index in [4.69, 9.17) is 0 Å². The maximum Gasteiger partial charge on any atom is 0.241 e. The first-order chi connectivity index (χ1) is 10.5. The highest BCUT2D eigenvalue weighted by atomic mass is 16.2. The van der Waals surface area contributed by atoms with E-state index in [1.807, 2.05) is 57.2 Å². The molecule has 0 fully saturated rings. The van der Waals surface area contributed by atoms with Crippen molar-refractivity contribution in [2.45, 2.75) is 39.8 Å². The first-order valence-electron chi connectivity index (χ1n) is 7.67. The van der Waals surface area contributed by atoms with Crippen molar-refractivity contribution >= 4 is 11.6 Å². The van der Waals surface area contributed by atoms with Crippen LogP contribution in [0.2, 0.25) is 0 Å². The zero-order valence-electron chi connectivity index (χ0n) is 13.7. The fourth-order valence-electron chi connectivity index (χ4n) is 2.53. The summed E-state index contributed by atoms with van der Waals surface area (Å²) >= 11 is 0. The average molecular weight is 296 g/mol. The predicted octanol–water partition coefficient (Wildman–Crippen LogP) is 3.98. The Kier molecular flexibility index (Phi) is 5.34. The zero-order chi connectivity index (χ0) is 16.1. The average Bonchev–Trinajstić information content (AvgIpc) is 2.51. The highest BCUT2D eigenvalue weighted by Crippen LogP contribution is 2.20. The van der Waals surface area contributed by atoms with Gasteiger partial charge in [-0.1, -0.05) is 48.5 Å². The van der Waals surface area contributed by atoms with Gasteiger partial charge in [0.1, 0.15) is 0 Å². The van der Waals surface area contributed by atoms with E-state index in [1.165, 1.54) is 5.56 Å². The van der Waals surface area contributed by atoms with Crippen LogP contribution in [0.3, 0.4) is 0 Å². The van der Waals surface area contributed by atoms with Crippen LogP contribution in [0, 0.1) is 13.8 Å².